The molecule has 1 aliphatic carbocycles. The van der Waals surface area contributed by atoms with Gasteiger partial charge >= 0.3 is 0 Å². The average Bonchev–Trinajstić information content (AvgIpc) is 2.66. The fraction of sp³-hybridized carbons (Fsp3) is 0.733. The Morgan fingerprint density at radius 2 is 2.13 bits per heavy atom. The normalized spacial score (nSPS) is 21.9. The second kappa shape index (κ2) is 6.87. The minimum atomic E-state index is 0.858. The number of allylic oxidation sites excluding steroid dienone is 4. The molecule has 0 aromatic rings. The fourth-order valence-electron chi connectivity index (χ4n) is 2.52. The molecule has 0 N–H and O–H groups in total. The predicted molar refractivity (Wildman–Crippen MR) is 67.7 cm³/mol. The van der Waals surface area contributed by atoms with E-state index in [1.54, 1.807) is 5.57 Å². The van der Waals surface area contributed by atoms with Gasteiger partial charge in [-0.2, -0.15) is 0 Å². The van der Waals surface area contributed by atoms with Gasteiger partial charge in [-0.05, 0) is 49.7 Å². The third-order valence-corrected chi connectivity index (χ3v) is 3.48. The highest BCUT2D eigenvalue weighted by molar-refractivity contribution is 5.28. The van der Waals surface area contributed by atoms with Gasteiger partial charge in [-0.25, -0.2) is 0 Å². The summed E-state index contributed by atoms with van der Waals surface area (Å²) in [5.74, 6) is 0.858. The molecule has 0 fully saturated rings. The standard InChI is InChI=1S/C15H25/c1-4-7-8-9-10-14-12-11-13(5-2)15(14)6-3/h9,13H,4-8,11-12H2,1-3H3. The van der Waals surface area contributed by atoms with Crippen molar-refractivity contribution in [2.45, 2.75) is 65.7 Å². The maximum atomic E-state index is 3.54. The molecule has 0 saturated carbocycles. The van der Waals surface area contributed by atoms with E-state index in [9.17, 15) is 0 Å². The van der Waals surface area contributed by atoms with Crippen molar-refractivity contribution in [2.75, 3.05) is 0 Å². The van der Waals surface area contributed by atoms with Crippen LogP contribution < -0.4 is 0 Å². The van der Waals surface area contributed by atoms with Crippen LogP contribution in [0.2, 0.25) is 0 Å². The van der Waals surface area contributed by atoms with Crippen molar-refractivity contribution in [1.29, 1.82) is 0 Å². The summed E-state index contributed by atoms with van der Waals surface area (Å²) in [6.07, 6.45) is 14.8. The van der Waals surface area contributed by atoms with Crippen molar-refractivity contribution in [3.05, 3.63) is 23.3 Å². The lowest BCUT2D eigenvalue weighted by Gasteiger charge is -2.10. The first kappa shape index (κ1) is 12.5. The Balaban J connectivity index is 2.54. The van der Waals surface area contributed by atoms with Crippen molar-refractivity contribution >= 4 is 0 Å². The Kier molecular flexibility index (Phi) is 5.75. The fourth-order valence-corrected chi connectivity index (χ4v) is 2.52. The van der Waals surface area contributed by atoms with E-state index in [0.29, 0.717) is 0 Å². The van der Waals surface area contributed by atoms with Crippen molar-refractivity contribution in [3.63, 3.8) is 0 Å². The molecule has 0 amide bonds. The zero-order valence-corrected chi connectivity index (χ0v) is 10.6. The molecule has 0 nitrogen and oxygen atoms in total. The Bertz CT molecular complexity index is 232. The van der Waals surface area contributed by atoms with E-state index in [2.05, 4.69) is 32.9 Å². The lowest BCUT2D eigenvalue weighted by Crippen LogP contribution is -1.96. The van der Waals surface area contributed by atoms with Crippen LogP contribution in [-0.4, -0.2) is 0 Å². The summed E-state index contributed by atoms with van der Waals surface area (Å²) in [6, 6.07) is 0. The molecule has 1 unspecified atom stereocenters. The molecule has 0 aliphatic heterocycles. The summed E-state index contributed by atoms with van der Waals surface area (Å²) in [5.41, 5.74) is 3.21. The van der Waals surface area contributed by atoms with E-state index in [-0.39, 0.29) is 0 Å². The molecule has 1 radical (unpaired) electrons. The monoisotopic (exact) mass is 205 g/mol. The van der Waals surface area contributed by atoms with Gasteiger partial charge in [0.15, 0.2) is 0 Å². The van der Waals surface area contributed by atoms with Gasteiger partial charge in [0.25, 0.3) is 0 Å². The van der Waals surface area contributed by atoms with Crippen LogP contribution in [0.5, 0.6) is 0 Å². The van der Waals surface area contributed by atoms with Gasteiger partial charge in [-0.1, -0.05) is 45.3 Å². The summed E-state index contributed by atoms with van der Waals surface area (Å²) in [7, 11) is 0. The van der Waals surface area contributed by atoms with Crippen LogP contribution in [0.4, 0.5) is 0 Å². The van der Waals surface area contributed by atoms with Gasteiger partial charge in [0.1, 0.15) is 0 Å². The topological polar surface area (TPSA) is 0 Å². The Morgan fingerprint density at radius 1 is 1.33 bits per heavy atom. The average molecular weight is 205 g/mol. The Hall–Kier alpha value is -0.520. The van der Waals surface area contributed by atoms with Crippen molar-refractivity contribution in [2.24, 2.45) is 5.92 Å². The van der Waals surface area contributed by atoms with Crippen LogP contribution in [0.3, 0.4) is 0 Å². The maximum Gasteiger partial charge on any atom is -0.0193 e. The van der Waals surface area contributed by atoms with Gasteiger partial charge in [-0.3, -0.25) is 0 Å². The lowest BCUT2D eigenvalue weighted by atomic mass is 9.96. The molecule has 85 valence electrons. The zero-order chi connectivity index (χ0) is 11.1. The zero-order valence-electron chi connectivity index (χ0n) is 10.6. The molecule has 0 spiro atoms. The van der Waals surface area contributed by atoms with Gasteiger partial charge in [0.05, 0.1) is 0 Å². The van der Waals surface area contributed by atoms with Gasteiger partial charge < -0.3 is 0 Å². The summed E-state index contributed by atoms with van der Waals surface area (Å²) >= 11 is 0. The van der Waals surface area contributed by atoms with Crippen LogP contribution in [0.25, 0.3) is 0 Å². The third kappa shape index (κ3) is 3.52. The van der Waals surface area contributed by atoms with E-state index in [0.717, 1.165) is 5.92 Å². The lowest BCUT2D eigenvalue weighted by molar-refractivity contribution is 0.572. The second-order valence-electron chi connectivity index (χ2n) is 4.49. The van der Waals surface area contributed by atoms with Crippen molar-refractivity contribution < 1.29 is 0 Å². The highest BCUT2D eigenvalue weighted by Crippen LogP contribution is 2.36. The number of unbranched alkanes of at least 4 members (excludes halogenated alkanes) is 2. The molecule has 15 heavy (non-hydrogen) atoms. The molecule has 0 saturated heterocycles. The number of hydrogen-bond acceptors (Lipinski definition) is 0. The van der Waals surface area contributed by atoms with Crippen LogP contribution in [-0.2, 0) is 0 Å². The molecule has 0 bridgehead atoms. The molecule has 1 aliphatic rings. The van der Waals surface area contributed by atoms with Crippen molar-refractivity contribution in [1.82, 2.24) is 0 Å². The molecule has 0 heteroatoms. The highest BCUT2D eigenvalue weighted by Gasteiger charge is 2.20. The number of hydrogen-bond donors (Lipinski definition) is 0. The summed E-state index contributed by atoms with van der Waals surface area (Å²) < 4.78 is 0. The Morgan fingerprint density at radius 3 is 2.73 bits per heavy atom. The highest BCUT2D eigenvalue weighted by atomic mass is 14.3. The van der Waals surface area contributed by atoms with E-state index in [1.165, 1.54) is 50.5 Å². The largest absolute Gasteiger partial charge is 0.0764 e. The van der Waals surface area contributed by atoms with Gasteiger partial charge in [0.2, 0.25) is 0 Å². The molecule has 0 aromatic carbocycles. The molecule has 0 aromatic heterocycles. The molecular weight excluding hydrogens is 180 g/mol. The minimum Gasteiger partial charge on any atom is -0.0764 e. The smallest absolute Gasteiger partial charge is 0.0193 e. The van der Waals surface area contributed by atoms with Crippen LogP contribution in [0.15, 0.2) is 17.2 Å². The van der Waals surface area contributed by atoms with Crippen LogP contribution >= 0.6 is 0 Å². The van der Waals surface area contributed by atoms with Gasteiger partial charge in [0, 0.05) is 0 Å². The number of rotatable bonds is 6. The predicted octanol–water partition coefficient (Wildman–Crippen LogP) is 5.06. The molecule has 1 atom stereocenters. The van der Waals surface area contributed by atoms with Gasteiger partial charge in [-0.15, -0.1) is 0 Å². The van der Waals surface area contributed by atoms with E-state index < -0.39 is 0 Å². The first-order valence-corrected chi connectivity index (χ1v) is 6.63. The second-order valence-corrected chi connectivity index (χ2v) is 4.49. The van der Waals surface area contributed by atoms with Crippen molar-refractivity contribution in [3.8, 4) is 0 Å². The minimum absolute atomic E-state index is 0.858. The summed E-state index contributed by atoms with van der Waals surface area (Å²) in [5, 5.41) is 0. The molecule has 0 heterocycles. The molecule has 1 rings (SSSR count). The summed E-state index contributed by atoms with van der Waals surface area (Å²) in [6.45, 7) is 6.84. The quantitative estimate of drug-likeness (QED) is 0.531. The SMILES string of the molecule is CCCC/C=[C]/C1=C(CC)C(CC)CC1. The first-order valence-electron chi connectivity index (χ1n) is 6.63. The summed E-state index contributed by atoms with van der Waals surface area (Å²) in [4.78, 5) is 0. The Labute approximate surface area is 95.5 Å². The molecular formula is C15H25. The third-order valence-electron chi connectivity index (χ3n) is 3.48. The van der Waals surface area contributed by atoms with E-state index in [1.807, 2.05) is 0 Å². The maximum absolute atomic E-state index is 3.54. The van der Waals surface area contributed by atoms with E-state index in [4.69, 9.17) is 0 Å². The van der Waals surface area contributed by atoms with Crippen LogP contribution in [0, 0.1) is 12.0 Å². The first-order chi connectivity index (χ1) is 7.33. The van der Waals surface area contributed by atoms with Crippen LogP contribution in [0.1, 0.15) is 65.7 Å². The van der Waals surface area contributed by atoms with E-state index >= 15 is 0 Å².